The van der Waals surface area contributed by atoms with Gasteiger partial charge in [0, 0.05) is 0 Å². The highest BCUT2D eigenvalue weighted by molar-refractivity contribution is 6.58. The van der Waals surface area contributed by atoms with Crippen LogP contribution in [0, 0.1) is 0 Å². The zero-order valence-electron chi connectivity index (χ0n) is 6.62. The summed E-state index contributed by atoms with van der Waals surface area (Å²) in [6, 6.07) is 0. The quantitative estimate of drug-likeness (QED) is 0.481. The van der Waals surface area contributed by atoms with E-state index in [4.69, 9.17) is 0 Å². The van der Waals surface area contributed by atoms with Gasteiger partial charge < -0.3 is 0 Å². The Hall–Kier alpha value is -0.715. The van der Waals surface area contributed by atoms with E-state index in [1.54, 1.807) is 0 Å². The first-order chi connectivity index (χ1) is 4.80. The summed E-state index contributed by atoms with van der Waals surface area (Å²) < 4.78 is 0. The third-order valence-electron chi connectivity index (χ3n) is 1.77. The maximum absolute atomic E-state index is 2.24. The van der Waals surface area contributed by atoms with Gasteiger partial charge >= 0.3 is 0 Å². The maximum atomic E-state index is 2.24. The van der Waals surface area contributed by atoms with Crippen LogP contribution in [0.3, 0.4) is 0 Å². The fourth-order valence-electron chi connectivity index (χ4n) is 1.02. The second-order valence-electron chi connectivity index (χ2n) is 2.98. The van der Waals surface area contributed by atoms with Crippen molar-refractivity contribution >= 4 is 6.71 Å². The third-order valence-corrected chi connectivity index (χ3v) is 1.77. The summed E-state index contributed by atoms with van der Waals surface area (Å²) in [4.78, 5) is 0. The summed E-state index contributed by atoms with van der Waals surface area (Å²) in [7, 11) is 0. The molecule has 0 saturated carbocycles. The van der Waals surface area contributed by atoms with Crippen LogP contribution in [0.2, 0.25) is 19.5 Å². The minimum atomic E-state index is 0.620. The first-order valence-electron chi connectivity index (χ1n) is 3.82. The smallest absolute Gasteiger partial charge is 0.0855 e. The van der Waals surface area contributed by atoms with Crippen molar-refractivity contribution in [2.24, 2.45) is 0 Å². The van der Waals surface area contributed by atoms with Gasteiger partial charge in [0.2, 0.25) is 0 Å². The molecule has 1 aliphatic rings. The van der Waals surface area contributed by atoms with E-state index in [0.717, 1.165) is 0 Å². The molecule has 10 heavy (non-hydrogen) atoms. The zero-order valence-corrected chi connectivity index (χ0v) is 6.62. The Morgan fingerprint density at radius 3 is 1.80 bits per heavy atom. The molecule has 0 aromatic carbocycles. The Bertz CT molecular complexity index is 159. The molecule has 0 atom stereocenters. The molecule has 0 fully saturated rings. The van der Waals surface area contributed by atoms with Gasteiger partial charge in [-0.25, -0.2) is 0 Å². The van der Waals surface area contributed by atoms with Crippen LogP contribution in [0.5, 0.6) is 0 Å². The van der Waals surface area contributed by atoms with Crippen LogP contribution in [-0.2, 0) is 0 Å². The molecule has 52 valence electrons. The summed E-state index contributed by atoms with van der Waals surface area (Å²) in [5.74, 6) is 0.620. The molecule has 0 nitrogen and oxygen atoms in total. The van der Waals surface area contributed by atoms with Crippen molar-refractivity contribution in [2.45, 2.75) is 19.5 Å². The molecule has 0 aliphatic heterocycles. The molecular weight excluding hydrogens is 119 g/mol. The molecule has 0 amide bonds. The van der Waals surface area contributed by atoms with Gasteiger partial charge in [0.25, 0.3) is 0 Å². The van der Waals surface area contributed by atoms with Crippen molar-refractivity contribution in [3.8, 4) is 0 Å². The average Bonchev–Trinajstić information content (AvgIpc) is 2.12. The van der Waals surface area contributed by atoms with Crippen molar-refractivity contribution in [2.75, 3.05) is 0 Å². The van der Waals surface area contributed by atoms with E-state index >= 15 is 0 Å². The van der Waals surface area contributed by atoms with Crippen molar-refractivity contribution in [3.63, 3.8) is 0 Å². The monoisotopic (exact) mass is 132 g/mol. The molecule has 0 radical (unpaired) electrons. The predicted octanol–water partition coefficient (Wildman–Crippen LogP) is 2.79. The topological polar surface area (TPSA) is 0 Å². The molecule has 1 aliphatic carbocycles. The summed E-state index contributed by atoms with van der Waals surface area (Å²) in [5, 5.41) is 0. The minimum absolute atomic E-state index is 0.620. The maximum Gasteiger partial charge on any atom is 0.145 e. The second kappa shape index (κ2) is 3.45. The lowest BCUT2D eigenvalue weighted by atomic mass is 9.45. The molecule has 0 bridgehead atoms. The summed E-state index contributed by atoms with van der Waals surface area (Å²) >= 11 is 0. The number of rotatable bonds is 1. The van der Waals surface area contributed by atoms with Gasteiger partial charge in [0.05, 0.1) is 0 Å². The fraction of sp³-hybridized carbons (Fsp3) is 0.333. The van der Waals surface area contributed by atoms with E-state index in [9.17, 15) is 0 Å². The van der Waals surface area contributed by atoms with Crippen LogP contribution in [0.15, 0.2) is 36.5 Å². The van der Waals surface area contributed by atoms with Gasteiger partial charge in [0.1, 0.15) is 6.71 Å². The summed E-state index contributed by atoms with van der Waals surface area (Å²) in [6.07, 6.45) is 12.8. The van der Waals surface area contributed by atoms with E-state index < -0.39 is 0 Å². The molecule has 0 saturated heterocycles. The summed E-state index contributed by atoms with van der Waals surface area (Å²) in [6.45, 7) is 5.20. The summed E-state index contributed by atoms with van der Waals surface area (Å²) in [5.41, 5.74) is 0. The van der Waals surface area contributed by atoms with E-state index in [-0.39, 0.29) is 0 Å². The molecule has 0 spiro atoms. The van der Waals surface area contributed by atoms with Crippen molar-refractivity contribution < 1.29 is 0 Å². The lowest BCUT2D eigenvalue weighted by molar-refractivity contribution is 1.32. The molecule has 1 rings (SSSR count). The first-order valence-corrected chi connectivity index (χ1v) is 3.82. The normalized spacial score (nSPS) is 17.4. The molecule has 0 aromatic rings. The lowest BCUT2D eigenvalue weighted by Crippen LogP contribution is -2.06. The van der Waals surface area contributed by atoms with E-state index in [1.165, 1.54) is 0 Å². The highest BCUT2D eigenvalue weighted by atomic mass is 13.9. The molecule has 0 heterocycles. The molecule has 1 heteroatoms. The van der Waals surface area contributed by atoms with Gasteiger partial charge in [-0.3, -0.25) is 0 Å². The Balaban J connectivity index is 2.63. The third kappa shape index (κ3) is 1.91. The average molecular weight is 132 g/mol. The van der Waals surface area contributed by atoms with Crippen LogP contribution in [0.4, 0.5) is 0 Å². The van der Waals surface area contributed by atoms with E-state index in [2.05, 4.69) is 50.1 Å². The predicted molar refractivity (Wildman–Crippen MR) is 48.7 cm³/mol. The Labute approximate surface area is 63.4 Å². The largest absolute Gasteiger partial charge is 0.145 e. The molecule has 0 N–H and O–H groups in total. The van der Waals surface area contributed by atoms with E-state index in [1.807, 2.05) is 0 Å². The van der Waals surface area contributed by atoms with Crippen molar-refractivity contribution in [1.29, 1.82) is 0 Å². The van der Waals surface area contributed by atoms with Crippen LogP contribution in [-0.4, -0.2) is 6.71 Å². The Morgan fingerprint density at radius 2 is 1.40 bits per heavy atom. The second-order valence-corrected chi connectivity index (χ2v) is 2.98. The molecular formula is C9H13B. The SMILES string of the molecule is CB(C)C1C=CC=CC=C1. The standard InChI is InChI=1S/C9H13B/c1-10(2)9-7-5-3-4-6-8-9/h3-9H,1-2H3. The van der Waals surface area contributed by atoms with Gasteiger partial charge in [-0.05, 0) is 5.82 Å². The van der Waals surface area contributed by atoms with Gasteiger partial charge in [-0.2, -0.15) is 0 Å². The molecule has 0 aromatic heterocycles. The molecule has 0 unspecified atom stereocenters. The number of hydrogen-bond donors (Lipinski definition) is 0. The Kier molecular flexibility index (Phi) is 2.55. The highest BCUT2D eigenvalue weighted by Gasteiger charge is 2.08. The van der Waals surface area contributed by atoms with Crippen LogP contribution >= 0.6 is 0 Å². The Morgan fingerprint density at radius 1 is 0.900 bits per heavy atom. The van der Waals surface area contributed by atoms with Gasteiger partial charge in [-0.15, -0.1) is 0 Å². The van der Waals surface area contributed by atoms with Crippen LogP contribution < -0.4 is 0 Å². The first kappa shape index (κ1) is 7.39. The van der Waals surface area contributed by atoms with Crippen molar-refractivity contribution in [1.82, 2.24) is 0 Å². The van der Waals surface area contributed by atoms with E-state index in [0.29, 0.717) is 12.5 Å². The lowest BCUT2D eigenvalue weighted by Gasteiger charge is -2.06. The zero-order chi connectivity index (χ0) is 7.40. The van der Waals surface area contributed by atoms with Crippen LogP contribution in [0.25, 0.3) is 0 Å². The number of allylic oxidation sites excluding steroid dienone is 6. The fourth-order valence-corrected chi connectivity index (χ4v) is 1.02. The van der Waals surface area contributed by atoms with Crippen molar-refractivity contribution in [3.05, 3.63) is 36.5 Å². The van der Waals surface area contributed by atoms with Gasteiger partial charge in [0.15, 0.2) is 0 Å². The highest BCUT2D eigenvalue weighted by Crippen LogP contribution is 2.15. The minimum Gasteiger partial charge on any atom is -0.0855 e. The van der Waals surface area contributed by atoms with Gasteiger partial charge in [-0.1, -0.05) is 50.1 Å². The van der Waals surface area contributed by atoms with Crippen LogP contribution in [0.1, 0.15) is 0 Å². The number of hydrogen-bond acceptors (Lipinski definition) is 0.